The quantitative estimate of drug-likeness (QED) is 0.618. The average molecular weight is 195 g/mol. The third-order valence-electron chi connectivity index (χ3n) is 0.793. The Balaban J connectivity index is 3.14. The van der Waals surface area contributed by atoms with Gasteiger partial charge in [-0.05, 0) is 15.9 Å². The van der Waals surface area contributed by atoms with Crippen molar-refractivity contribution in [3.05, 3.63) is 15.8 Å². The summed E-state index contributed by atoms with van der Waals surface area (Å²) in [5.41, 5.74) is 0. The molecule has 0 unspecified atom stereocenters. The lowest BCUT2D eigenvalue weighted by Gasteiger charge is -1.84. The smallest absolute Gasteiger partial charge is 0.129 e. The molecule has 0 atom stereocenters. The van der Waals surface area contributed by atoms with Crippen molar-refractivity contribution in [2.45, 2.75) is 0 Å². The summed E-state index contributed by atoms with van der Waals surface area (Å²) in [6, 6.07) is 1.74. The Morgan fingerprint density at radius 2 is 2.50 bits per heavy atom. The van der Waals surface area contributed by atoms with Crippen LogP contribution in [0.3, 0.4) is 0 Å². The maximum atomic E-state index is 5.60. The molecule has 0 aliphatic carbocycles. The number of hydrogen-bond donors (Lipinski definition) is 0. The van der Waals surface area contributed by atoms with E-state index < -0.39 is 0 Å². The van der Waals surface area contributed by atoms with Crippen LogP contribution in [0.2, 0.25) is 5.15 Å². The molecular weight excluding hydrogens is 191 g/mol. The first-order chi connectivity index (χ1) is 3.70. The molecule has 1 aromatic heterocycles. The molecule has 0 radical (unpaired) electrons. The fourth-order valence-corrected chi connectivity index (χ4v) is 1.14. The van der Waals surface area contributed by atoms with Gasteiger partial charge in [0, 0.05) is 13.1 Å². The standard InChI is InChI=1S/C4H4BrClN2/c1-8-4(6)2-3(5)7-8/h2H,1H3. The topological polar surface area (TPSA) is 17.8 Å². The lowest BCUT2D eigenvalue weighted by molar-refractivity contribution is 0.761. The minimum Gasteiger partial charge on any atom is -0.256 e. The molecule has 0 saturated carbocycles. The summed E-state index contributed by atoms with van der Waals surface area (Å²) in [5.74, 6) is 0. The van der Waals surface area contributed by atoms with Gasteiger partial charge in [0.2, 0.25) is 0 Å². The SMILES string of the molecule is Cn1nc(Br)cc1Cl. The number of rotatable bonds is 0. The van der Waals surface area contributed by atoms with Crippen molar-refractivity contribution in [3.8, 4) is 0 Å². The van der Waals surface area contributed by atoms with Gasteiger partial charge in [0.25, 0.3) is 0 Å². The molecule has 4 heteroatoms. The van der Waals surface area contributed by atoms with Crippen molar-refractivity contribution in [3.63, 3.8) is 0 Å². The lowest BCUT2D eigenvalue weighted by Crippen LogP contribution is -1.87. The second kappa shape index (κ2) is 2.07. The molecular formula is C4H4BrClN2. The predicted octanol–water partition coefficient (Wildman–Crippen LogP) is 1.84. The highest BCUT2D eigenvalue weighted by molar-refractivity contribution is 9.10. The van der Waals surface area contributed by atoms with Gasteiger partial charge < -0.3 is 0 Å². The number of nitrogens with zero attached hydrogens (tertiary/aromatic N) is 2. The van der Waals surface area contributed by atoms with Gasteiger partial charge in [-0.15, -0.1) is 0 Å². The minimum atomic E-state index is 0.636. The summed E-state index contributed by atoms with van der Waals surface area (Å²) in [7, 11) is 1.78. The number of aryl methyl sites for hydroxylation is 1. The maximum Gasteiger partial charge on any atom is 0.129 e. The van der Waals surface area contributed by atoms with Gasteiger partial charge >= 0.3 is 0 Å². The van der Waals surface area contributed by atoms with E-state index in [1.54, 1.807) is 17.8 Å². The van der Waals surface area contributed by atoms with Gasteiger partial charge in [-0.3, -0.25) is 4.68 Å². The molecule has 0 bridgehead atoms. The van der Waals surface area contributed by atoms with E-state index >= 15 is 0 Å². The highest BCUT2D eigenvalue weighted by Crippen LogP contribution is 2.13. The number of aromatic nitrogens is 2. The van der Waals surface area contributed by atoms with Crippen molar-refractivity contribution < 1.29 is 0 Å². The van der Waals surface area contributed by atoms with E-state index in [2.05, 4.69) is 21.0 Å². The summed E-state index contributed by atoms with van der Waals surface area (Å²) >= 11 is 8.77. The molecule has 44 valence electrons. The lowest BCUT2D eigenvalue weighted by atomic mass is 10.7. The first kappa shape index (κ1) is 6.11. The average Bonchev–Trinajstić information content (AvgIpc) is 1.85. The van der Waals surface area contributed by atoms with E-state index in [9.17, 15) is 0 Å². The second-order valence-electron chi connectivity index (χ2n) is 1.41. The van der Waals surface area contributed by atoms with Crippen LogP contribution >= 0.6 is 27.5 Å². The molecule has 2 nitrogen and oxygen atoms in total. The van der Waals surface area contributed by atoms with Crippen molar-refractivity contribution in [1.29, 1.82) is 0 Å². The van der Waals surface area contributed by atoms with Gasteiger partial charge in [-0.1, -0.05) is 11.6 Å². The van der Waals surface area contributed by atoms with Crippen LogP contribution in [0, 0.1) is 0 Å². The summed E-state index contributed by atoms with van der Waals surface area (Å²) in [4.78, 5) is 0. The van der Waals surface area contributed by atoms with E-state index in [0.29, 0.717) is 5.15 Å². The molecule has 0 aliphatic heterocycles. The normalized spacial score (nSPS) is 9.88. The van der Waals surface area contributed by atoms with Crippen LogP contribution < -0.4 is 0 Å². The molecule has 1 heterocycles. The zero-order valence-corrected chi connectivity index (χ0v) is 6.57. The predicted molar refractivity (Wildman–Crippen MR) is 35.9 cm³/mol. The molecule has 1 rings (SSSR count). The van der Waals surface area contributed by atoms with Crippen molar-refractivity contribution >= 4 is 27.5 Å². The van der Waals surface area contributed by atoms with E-state index in [-0.39, 0.29) is 0 Å². The third-order valence-corrected chi connectivity index (χ3v) is 1.53. The van der Waals surface area contributed by atoms with E-state index in [1.165, 1.54) is 0 Å². The van der Waals surface area contributed by atoms with E-state index in [1.807, 2.05) is 0 Å². The van der Waals surface area contributed by atoms with Crippen LogP contribution in [0.15, 0.2) is 10.7 Å². The van der Waals surface area contributed by atoms with Gasteiger partial charge in [0.15, 0.2) is 0 Å². The van der Waals surface area contributed by atoms with Crippen LogP contribution in [0.4, 0.5) is 0 Å². The maximum absolute atomic E-state index is 5.60. The summed E-state index contributed by atoms with van der Waals surface area (Å²) in [5, 5.41) is 4.55. The fourth-order valence-electron chi connectivity index (χ4n) is 0.412. The summed E-state index contributed by atoms with van der Waals surface area (Å²) in [6.45, 7) is 0. The van der Waals surface area contributed by atoms with Crippen molar-refractivity contribution in [2.75, 3.05) is 0 Å². The van der Waals surface area contributed by atoms with Gasteiger partial charge in [0.05, 0.1) is 0 Å². The Morgan fingerprint density at radius 1 is 1.88 bits per heavy atom. The zero-order chi connectivity index (χ0) is 6.15. The molecule has 0 saturated heterocycles. The van der Waals surface area contributed by atoms with Gasteiger partial charge in [0.1, 0.15) is 9.76 Å². The van der Waals surface area contributed by atoms with Crippen LogP contribution in [-0.2, 0) is 7.05 Å². The molecule has 0 fully saturated rings. The Kier molecular flexibility index (Phi) is 1.58. The minimum absolute atomic E-state index is 0.636. The summed E-state index contributed by atoms with van der Waals surface area (Å²) < 4.78 is 2.36. The third kappa shape index (κ3) is 1.03. The van der Waals surface area contributed by atoms with Crippen LogP contribution in [0.25, 0.3) is 0 Å². The molecule has 0 amide bonds. The number of halogens is 2. The van der Waals surface area contributed by atoms with E-state index in [0.717, 1.165) is 4.60 Å². The highest BCUT2D eigenvalue weighted by Gasteiger charge is 1.95. The van der Waals surface area contributed by atoms with Gasteiger partial charge in [-0.25, -0.2) is 0 Å². The van der Waals surface area contributed by atoms with Crippen LogP contribution in [0.5, 0.6) is 0 Å². The molecule has 1 aromatic rings. The second-order valence-corrected chi connectivity index (χ2v) is 2.61. The number of hydrogen-bond acceptors (Lipinski definition) is 1. The molecule has 0 aromatic carbocycles. The fraction of sp³-hybridized carbons (Fsp3) is 0.250. The monoisotopic (exact) mass is 194 g/mol. The van der Waals surface area contributed by atoms with Crippen LogP contribution in [-0.4, -0.2) is 9.78 Å². The van der Waals surface area contributed by atoms with Crippen molar-refractivity contribution in [1.82, 2.24) is 9.78 Å². The summed E-state index contributed by atoms with van der Waals surface area (Å²) in [6.07, 6.45) is 0. The Morgan fingerprint density at radius 3 is 2.62 bits per heavy atom. The Hall–Kier alpha value is -0.0200. The van der Waals surface area contributed by atoms with Crippen LogP contribution in [0.1, 0.15) is 0 Å². The van der Waals surface area contributed by atoms with E-state index in [4.69, 9.17) is 11.6 Å². The Bertz CT molecular complexity index is 176. The largest absolute Gasteiger partial charge is 0.256 e. The van der Waals surface area contributed by atoms with Crippen molar-refractivity contribution in [2.24, 2.45) is 7.05 Å². The highest BCUT2D eigenvalue weighted by atomic mass is 79.9. The Labute approximate surface area is 60.6 Å². The molecule has 0 spiro atoms. The molecule has 0 aliphatic rings. The first-order valence-corrected chi connectivity index (χ1v) is 3.22. The molecule has 8 heavy (non-hydrogen) atoms. The molecule has 0 N–H and O–H groups in total. The first-order valence-electron chi connectivity index (χ1n) is 2.05. The zero-order valence-electron chi connectivity index (χ0n) is 4.23. The van der Waals surface area contributed by atoms with Gasteiger partial charge in [-0.2, -0.15) is 5.10 Å².